The van der Waals surface area contributed by atoms with E-state index in [4.69, 9.17) is 4.74 Å². The third-order valence-electron chi connectivity index (χ3n) is 5.53. The Hall–Kier alpha value is -3.40. The number of hydrogen-bond donors (Lipinski definition) is 3. The summed E-state index contributed by atoms with van der Waals surface area (Å²) in [7, 11) is 1.20. The van der Waals surface area contributed by atoms with Crippen LogP contribution in [0.2, 0.25) is 0 Å². The van der Waals surface area contributed by atoms with E-state index in [1.54, 1.807) is 65.0 Å². The molecule has 0 fully saturated rings. The highest BCUT2D eigenvalue weighted by molar-refractivity contribution is 5.93. The lowest BCUT2D eigenvalue weighted by molar-refractivity contribution is -0.150. The number of carbonyl (C=O) groups excluding carboxylic acids is 4. The van der Waals surface area contributed by atoms with Gasteiger partial charge in [0.25, 0.3) is 0 Å². The van der Waals surface area contributed by atoms with Crippen LogP contribution in [0.4, 0.5) is 4.79 Å². The molecule has 2 atom stereocenters. The predicted octanol–water partition coefficient (Wildman–Crippen LogP) is 2.56. The van der Waals surface area contributed by atoms with E-state index in [-0.39, 0.29) is 0 Å². The number of rotatable bonds is 11. The number of carbonyl (C=O) groups is 4. The number of ether oxygens (including phenoxy) is 2. The van der Waals surface area contributed by atoms with E-state index in [1.807, 2.05) is 6.92 Å². The average molecular weight is 506 g/mol. The van der Waals surface area contributed by atoms with Gasteiger partial charge in [0.15, 0.2) is 0 Å². The largest absolute Gasteiger partial charge is 0.468 e. The van der Waals surface area contributed by atoms with Crippen molar-refractivity contribution in [3.63, 3.8) is 0 Å². The second-order valence-corrected chi connectivity index (χ2v) is 9.83. The van der Waals surface area contributed by atoms with E-state index < -0.39 is 60.3 Å². The molecule has 0 aromatic heterocycles. The monoisotopic (exact) mass is 505 g/mol. The molecule has 0 saturated heterocycles. The molecule has 0 heterocycles. The van der Waals surface area contributed by atoms with Gasteiger partial charge < -0.3 is 30.1 Å². The van der Waals surface area contributed by atoms with E-state index in [2.05, 4.69) is 21.9 Å². The second-order valence-electron chi connectivity index (χ2n) is 9.83. The molecule has 0 radical (unpaired) electrons. The van der Waals surface area contributed by atoms with E-state index in [9.17, 15) is 24.3 Å². The van der Waals surface area contributed by atoms with Crippen LogP contribution in [-0.2, 0) is 23.9 Å². The van der Waals surface area contributed by atoms with Crippen molar-refractivity contribution >= 4 is 30.0 Å². The van der Waals surface area contributed by atoms with Gasteiger partial charge >= 0.3 is 12.1 Å². The van der Waals surface area contributed by atoms with Crippen molar-refractivity contribution in [3.8, 4) is 0 Å². The molecule has 0 bridgehead atoms. The first-order valence-corrected chi connectivity index (χ1v) is 11.7. The fourth-order valence-electron chi connectivity index (χ4n) is 3.35. The number of aliphatic hydroxyl groups excluding tert-OH is 1. The second kappa shape index (κ2) is 13.1. The molecule has 1 rings (SSSR count). The molecule has 0 aliphatic heterocycles. The standard InChI is InChI=1S/C26H39N3O7/c1-9-17-12-11-13-18(14-17)21(22(32)27-15-20(31)35-8)29(26(6,7)10-2)23(33)19(16-30)28-24(34)36-25(3,4)5/h9,11-14,19,21,30H,1,10,15-16H2,2-8H3,(H,27,32)(H,28,34). The first-order chi connectivity index (χ1) is 16.7. The Morgan fingerprint density at radius 2 is 1.81 bits per heavy atom. The summed E-state index contributed by atoms with van der Waals surface area (Å²) in [5, 5.41) is 14.9. The van der Waals surface area contributed by atoms with Crippen LogP contribution in [0.3, 0.4) is 0 Å². The number of amides is 3. The number of aliphatic hydroxyl groups is 1. The summed E-state index contributed by atoms with van der Waals surface area (Å²) in [6, 6.07) is 4.30. The lowest BCUT2D eigenvalue weighted by Crippen LogP contribution is -2.60. The first kappa shape index (κ1) is 30.6. The molecule has 1 aromatic rings. The number of hydrogen-bond acceptors (Lipinski definition) is 7. The minimum absolute atomic E-state index is 0.402. The molecule has 0 aliphatic rings. The van der Waals surface area contributed by atoms with Crippen LogP contribution >= 0.6 is 0 Å². The van der Waals surface area contributed by atoms with Crippen molar-refractivity contribution in [1.82, 2.24) is 15.5 Å². The molecule has 200 valence electrons. The zero-order valence-corrected chi connectivity index (χ0v) is 22.2. The van der Waals surface area contributed by atoms with Crippen molar-refractivity contribution in [2.75, 3.05) is 20.3 Å². The van der Waals surface area contributed by atoms with Gasteiger partial charge in [-0.15, -0.1) is 0 Å². The molecule has 0 saturated carbocycles. The first-order valence-electron chi connectivity index (χ1n) is 11.7. The zero-order valence-electron chi connectivity index (χ0n) is 22.2. The number of methoxy groups -OCH3 is 1. The Labute approximate surface area is 213 Å². The Morgan fingerprint density at radius 3 is 2.31 bits per heavy atom. The molecule has 10 nitrogen and oxygen atoms in total. The fourth-order valence-corrected chi connectivity index (χ4v) is 3.35. The molecule has 36 heavy (non-hydrogen) atoms. The van der Waals surface area contributed by atoms with Gasteiger partial charge in [0.2, 0.25) is 11.8 Å². The van der Waals surface area contributed by atoms with Gasteiger partial charge in [0.1, 0.15) is 24.2 Å². The van der Waals surface area contributed by atoms with Crippen LogP contribution in [0.5, 0.6) is 0 Å². The summed E-state index contributed by atoms with van der Waals surface area (Å²) < 4.78 is 9.85. The van der Waals surface area contributed by atoms with Crippen molar-refractivity contribution in [1.29, 1.82) is 0 Å². The average Bonchev–Trinajstić information content (AvgIpc) is 2.82. The third-order valence-corrected chi connectivity index (χ3v) is 5.53. The Balaban J connectivity index is 3.58. The SMILES string of the molecule is C=Cc1cccc(C(C(=O)NCC(=O)OC)N(C(=O)C(CO)NC(=O)OC(C)(C)C)C(C)(C)CC)c1. The van der Waals surface area contributed by atoms with Crippen LogP contribution < -0.4 is 10.6 Å². The molecule has 0 aliphatic carbocycles. The Kier molecular flexibility index (Phi) is 11.1. The Morgan fingerprint density at radius 1 is 1.17 bits per heavy atom. The van der Waals surface area contributed by atoms with E-state index in [0.29, 0.717) is 17.5 Å². The Bertz CT molecular complexity index is 953. The minimum atomic E-state index is -1.39. The molecular weight excluding hydrogens is 466 g/mol. The van der Waals surface area contributed by atoms with Crippen LogP contribution in [0.1, 0.15) is 65.1 Å². The fraction of sp³-hybridized carbons (Fsp3) is 0.538. The molecular formula is C26H39N3O7. The van der Waals surface area contributed by atoms with Crippen LogP contribution in [0.25, 0.3) is 6.08 Å². The van der Waals surface area contributed by atoms with Gasteiger partial charge in [0.05, 0.1) is 13.7 Å². The maximum absolute atomic E-state index is 13.9. The molecule has 1 aromatic carbocycles. The van der Waals surface area contributed by atoms with E-state index in [1.165, 1.54) is 12.0 Å². The summed E-state index contributed by atoms with van der Waals surface area (Å²) in [5.41, 5.74) is -0.557. The summed E-state index contributed by atoms with van der Waals surface area (Å²) in [5.74, 6) is -1.99. The lowest BCUT2D eigenvalue weighted by Gasteiger charge is -2.44. The normalized spacial score (nSPS) is 13.1. The molecule has 0 spiro atoms. The molecule has 3 N–H and O–H groups in total. The molecule has 10 heteroatoms. The van der Waals surface area contributed by atoms with Crippen molar-refractivity contribution in [3.05, 3.63) is 42.0 Å². The van der Waals surface area contributed by atoms with Gasteiger partial charge in [-0.05, 0) is 58.2 Å². The minimum Gasteiger partial charge on any atom is -0.468 e. The predicted molar refractivity (Wildman–Crippen MR) is 136 cm³/mol. The quantitative estimate of drug-likeness (QED) is 0.394. The number of benzene rings is 1. The third kappa shape index (κ3) is 8.67. The topological polar surface area (TPSA) is 134 Å². The maximum Gasteiger partial charge on any atom is 0.408 e. The van der Waals surface area contributed by atoms with Gasteiger partial charge in [-0.1, -0.05) is 37.8 Å². The highest BCUT2D eigenvalue weighted by Gasteiger charge is 2.43. The van der Waals surface area contributed by atoms with Crippen LogP contribution in [0, 0.1) is 0 Å². The summed E-state index contributed by atoms with van der Waals surface area (Å²) >= 11 is 0. The van der Waals surface area contributed by atoms with Gasteiger partial charge in [0, 0.05) is 5.54 Å². The lowest BCUT2D eigenvalue weighted by atomic mass is 9.91. The number of alkyl carbamates (subject to hydrolysis) is 1. The smallest absolute Gasteiger partial charge is 0.408 e. The zero-order chi connectivity index (χ0) is 27.7. The summed E-state index contributed by atoms with van der Waals surface area (Å²) in [6.07, 6.45) is 1.15. The van der Waals surface area contributed by atoms with Crippen molar-refractivity contribution in [2.24, 2.45) is 0 Å². The van der Waals surface area contributed by atoms with Crippen molar-refractivity contribution in [2.45, 2.75) is 71.2 Å². The molecule has 2 unspecified atom stereocenters. The van der Waals surface area contributed by atoms with E-state index >= 15 is 0 Å². The van der Waals surface area contributed by atoms with E-state index in [0.717, 1.165) is 0 Å². The maximum atomic E-state index is 13.9. The van der Waals surface area contributed by atoms with Crippen LogP contribution in [0.15, 0.2) is 30.8 Å². The number of esters is 1. The van der Waals surface area contributed by atoms with Gasteiger partial charge in [-0.2, -0.15) is 0 Å². The number of nitrogens with one attached hydrogen (secondary N) is 2. The van der Waals surface area contributed by atoms with Crippen molar-refractivity contribution < 1.29 is 33.8 Å². The summed E-state index contributed by atoms with van der Waals surface area (Å²) in [6.45, 7) is 13.0. The summed E-state index contributed by atoms with van der Waals surface area (Å²) in [4.78, 5) is 52.7. The number of nitrogens with zero attached hydrogens (tertiary/aromatic N) is 1. The highest BCUT2D eigenvalue weighted by atomic mass is 16.6. The molecule has 3 amide bonds. The van der Waals surface area contributed by atoms with Gasteiger partial charge in [-0.3, -0.25) is 14.4 Å². The van der Waals surface area contributed by atoms with Crippen LogP contribution in [-0.4, -0.2) is 71.3 Å². The highest BCUT2D eigenvalue weighted by Crippen LogP contribution is 2.32. The van der Waals surface area contributed by atoms with Gasteiger partial charge in [-0.25, -0.2) is 4.79 Å².